The summed E-state index contributed by atoms with van der Waals surface area (Å²) in [6.07, 6.45) is -3.17. The van der Waals surface area contributed by atoms with Gasteiger partial charge >= 0.3 is 0 Å². The molecule has 0 saturated carbocycles. The molecular formula is C8H4ClF2NO3S. The van der Waals surface area contributed by atoms with Gasteiger partial charge in [-0.1, -0.05) is 0 Å². The van der Waals surface area contributed by atoms with E-state index in [-0.39, 0.29) is 0 Å². The number of phenols is 1. The Morgan fingerprint density at radius 3 is 2.38 bits per heavy atom. The smallest absolute Gasteiger partial charge is 0.268 e. The van der Waals surface area contributed by atoms with Crippen LogP contribution >= 0.6 is 10.7 Å². The van der Waals surface area contributed by atoms with Gasteiger partial charge < -0.3 is 5.11 Å². The number of hydrogen-bond donors (Lipinski definition) is 1. The van der Waals surface area contributed by atoms with Gasteiger partial charge in [-0.2, -0.15) is 5.26 Å². The number of nitrogens with zero attached hydrogens (tertiary/aromatic N) is 1. The van der Waals surface area contributed by atoms with Crippen LogP contribution in [0, 0.1) is 11.3 Å². The zero-order valence-corrected chi connectivity index (χ0v) is 9.06. The Hall–Kier alpha value is -1.39. The van der Waals surface area contributed by atoms with Crippen molar-refractivity contribution >= 4 is 19.7 Å². The van der Waals surface area contributed by atoms with Gasteiger partial charge in [0, 0.05) is 10.7 Å². The highest BCUT2D eigenvalue weighted by Gasteiger charge is 2.25. The molecule has 0 aliphatic heterocycles. The van der Waals surface area contributed by atoms with Crippen LogP contribution in [0.4, 0.5) is 8.78 Å². The van der Waals surface area contributed by atoms with Crippen molar-refractivity contribution in [3.63, 3.8) is 0 Å². The summed E-state index contributed by atoms with van der Waals surface area (Å²) in [5.41, 5.74) is -1.88. The van der Waals surface area contributed by atoms with Crippen molar-refractivity contribution in [3.8, 4) is 11.8 Å². The minimum absolute atomic E-state index is 0.746. The zero-order valence-electron chi connectivity index (χ0n) is 7.49. The summed E-state index contributed by atoms with van der Waals surface area (Å²) in [7, 11) is 0.653. The van der Waals surface area contributed by atoms with E-state index in [4.69, 9.17) is 21.1 Å². The quantitative estimate of drug-likeness (QED) is 0.833. The Labute approximate surface area is 94.1 Å². The number of aromatic hydroxyl groups is 1. The standard InChI is InChI=1S/C8H4ClF2NO3S/c9-16(14,15)6-2-1-5(13)7(8(10)11)4(6)3-12/h1-2,8,13H. The number of phenolic OH excluding ortho intramolecular Hbond substituents is 1. The SMILES string of the molecule is N#Cc1c(S(=O)(=O)Cl)ccc(O)c1C(F)F. The number of nitriles is 1. The molecule has 0 aliphatic rings. The molecule has 0 amide bonds. The molecule has 0 aliphatic carbocycles. The first-order valence-electron chi connectivity index (χ1n) is 3.77. The lowest BCUT2D eigenvalue weighted by Gasteiger charge is -2.08. The minimum Gasteiger partial charge on any atom is -0.507 e. The number of benzene rings is 1. The van der Waals surface area contributed by atoms with Gasteiger partial charge in [0.15, 0.2) is 0 Å². The van der Waals surface area contributed by atoms with Crippen molar-refractivity contribution in [2.45, 2.75) is 11.3 Å². The largest absolute Gasteiger partial charge is 0.507 e. The van der Waals surface area contributed by atoms with Crippen LogP contribution in [0.2, 0.25) is 0 Å². The summed E-state index contributed by atoms with van der Waals surface area (Å²) < 4.78 is 47.0. The van der Waals surface area contributed by atoms with Crippen LogP contribution in [0.5, 0.6) is 5.75 Å². The van der Waals surface area contributed by atoms with Crippen molar-refractivity contribution in [1.82, 2.24) is 0 Å². The summed E-state index contributed by atoms with van der Waals surface area (Å²) in [5.74, 6) is -0.851. The molecule has 0 atom stereocenters. The fourth-order valence-electron chi connectivity index (χ4n) is 1.13. The maximum Gasteiger partial charge on any atom is 0.268 e. The normalized spacial score (nSPS) is 11.4. The molecule has 0 bridgehead atoms. The van der Waals surface area contributed by atoms with Gasteiger partial charge in [-0.3, -0.25) is 0 Å². The summed E-state index contributed by atoms with van der Waals surface area (Å²) in [6.45, 7) is 0. The first-order valence-corrected chi connectivity index (χ1v) is 6.08. The average molecular weight is 268 g/mol. The van der Waals surface area contributed by atoms with Crippen LogP contribution in [-0.2, 0) is 9.05 Å². The number of hydrogen-bond acceptors (Lipinski definition) is 4. The van der Waals surface area contributed by atoms with E-state index in [0.717, 1.165) is 12.1 Å². The van der Waals surface area contributed by atoms with E-state index < -0.39 is 37.2 Å². The Morgan fingerprint density at radius 2 is 2.00 bits per heavy atom. The van der Waals surface area contributed by atoms with E-state index in [0.29, 0.717) is 0 Å². The van der Waals surface area contributed by atoms with Crippen molar-refractivity contribution < 1.29 is 22.3 Å². The average Bonchev–Trinajstić information content (AvgIpc) is 2.14. The van der Waals surface area contributed by atoms with Crippen LogP contribution in [0.25, 0.3) is 0 Å². The minimum atomic E-state index is -4.31. The highest BCUT2D eigenvalue weighted by atomic mass is 35.7. The lowest BCUT2D eigenvalue weighted by molar-refractivity contribution is 0.147. The first-order chi connectivity index (χ1) is 7.29. The van der Waals surface area contributed by atoms with Crippen molar-refractivity contribution in [2.24, 2.45) is 0 Å². The number of rotatable bonds is 2. The molecule has 0 radical (unpaired) electrons. The second-order valence-corrected chi connectivity index (χ2v) is 5.26. The molecule has 1 N–H and O–H groups in total. The molecule has 0 aromatic heterocycles. The van der Waals surface area contributed by atoms with Crippen LogP contribution in [0.15, 0.2) is 17.0 Å². The molecule has 0 heterocycles. The zero-order chi connectivity index (χ0) is 12.5. The van der Waals surface area contributed by atoms with Gasteiger partial charge in [0.05, 0.1) is 11.1 Å². The molecule has 16 heavy (non-hydrogen) atoms. The van der Waals surface area contributed by atoms with Crippen LogP contribution in [0.1, 0.15) is 17.6 Å². The Bertz CT molecular complexity index is 565. The first kappa shape index (κ1) is 12.7. The summed E-state index contributed by atoms with van der Waals surface area (Å²) >= 11 is 0. The third-order valence-electron chi connectivity index (χ3n) is 1.78. The molecule has 1 rings (SSSR count). The summed E-state index contributed by atoms with van der Waals surface area (Å²) in [5, 5.41) is 17.7. The molecule has 4 nitrogen and oxygen atoms in total. The molecular weight excluding hydrogens is 264 g/mol. The van der Waals surface area contributed by atoms with Crippen molar-refractivity contribution in [1.29, 1.82) is 5.26 Å². The van der Waals surface area contributed by atoms with E-state index in [1.165, 1.54) is 6.07 Å². The third-order valence-corrected chi connectivity index (χ3v) is 3.14. The second kappa shape index (κ2) is 4.23. The fraction of sp³-hybridized carbons (Fsp3) is 0.125. The highest BCUT2D eigenvalue weighted by molar-refractivity contribution is 8.13. The Kier molecular flexibility index (Phi) is 3.35. The van der Waals surface area contributed by atoms with Crippen LogP contribution in [0.3, 0.4) is 0 Å². The number of halogens is 3. The van der Waals surface area contributed by atoms with E-state index in [1.54, 1.807) is 0 Å². The van der Waals surface area contributed by atoms with Gasteiger partial charge in [-0.25, -0.2) is 17.2 Å². The molecule has 8 heteroatoms. The third kappa shape index (κ3) is 2.23. The molecule has 1 aromatic carbocycles. The van der Waals surface area contributed by atoms with Crippen molar-refractivity contribution in [3.05, 3.63) is 23.3 Å². The lowest BCUT2D eigenvalue weighted by Crippen LogP contribution is -2.00. The Morgan fingerprint density at radius 1 is 1.44 bits per heavy atom. The second-order valence-electron chi connectivity index (χ2n) is 2.72. The maximum atomic E-state index is 12.5. The number of alkyl halides is 2. The predicted octanol–water partition coefficient (Wildman–Crippen LogP) is 2.13. The van der Waals surface area contributed by atoms with E-state index in [2.05, 4.69) is 0 Å². The van der Waals surface area contributed by atoms with Gasteiger partial charge in [0.25, 0.3) is 15.5 Å². The van der Waals surface area contributed by atoms with E-state index in [9.17, 15) is 17.2 Å². The lowest BCUT2D eigenvalue weighted by atomic mass is 10.1. The molecule has 0 unspecified atom stereocenters. The van der Waals surface area contributed by atoms with Gasteiger partial charge in [-0.05, 0) is 12.1 Å². The predicted molar refractivity (Wildman–Crippen MR) is 50.8 cm³/mol. The van der Waals surface area contributed by atoms with Crippen molar-refractivity contribution in [2.75, 3.05) is 0 Å². The molecule has 0 fully saturated rings. The molecule has 1 aromatic rings. The molecule has 0 spiro atoms. The Balaban J connectivity index is 3.72. The summed E-state index contributed by atoms with van der Waals surface area (Å²) in [6, 6.07) is 2.83. The summed E-state index contributed by atoms with van der Waals surface area (Å²) in [4.78, 5) is -0.746. The van der Waals surface area contributed by atoms with E-state index in [1.807, 2.05) is 0 Å². The fourth-order valence-corrected chi connectivity index (χ4v) is 2.14. The van der Waals surface area contributed by atoms with Gasteiger partial charge in [0.2, 0.25) is 0 Å². The van der Waals surface area contributed by atoms with Gasteiger partial charge in [0.1, 0.15) is 16.7 Å². The molecule has 86 valence electrons. The monoisotopic (exact) mass is 267 g/mol. The van der Waals surface area contributed by atoms with E-state index >= 15 is 0 Å². The van der Waals surface area contributed by atoms with Crippen LogP contribution in [-0.4, -0.2) is 13.5 Å². The maximum absolute atomic E-state index is 12.5. The molecule has 0 saturated heterocycles. The topological polar surface area (TPSA) is 78.2 Å². The van der Waals surface area contributed by atoms with Gasteiger partial charge in [-0.15, -0.1) is 0 Å². The van der Waals surface area contributed by atoms with Crippen LogP contribution < -0.4 is 0 Å². The highest BCUT2D eigenvalue weighted by Crippen LogP contribution is 2.35.